The molecule has 2 aromatic heterocycles. The highest BCUT2D eigenvalue weighted by Gasteiger charge is 2.23. The van der Waals surface area contributed by atoms with Gasteiger partial charge < -0.3 is 13.7 Å². The molecule has 0 saturated carbocycles. The number of carbonyl (C=O) groups is 1. The van der Waals surface area contributed by atoms with Crippen molar-refractivity contribution in [2.45, 2.75) is 26.4 Å². The van der Waals surface area contributed by atoms with Crippen LogP contribution in [0.1, 0.15) is 30.3 Å². The maximum Gasteiger partial charge on any atom is 0.290 e. The second-order valence-corrected chi connectivity index (χ2v) is 5.95. The summed E-state index contributed by atoms with van der Waals surface area (Å²) in [6.45, 7) is 4.03. The van der Waals surface area contributed by atoms with Crippen LogP contribution in [0.4, 0.5) is 0 Å². The zero-order valence-electron chi connectivity index (χ0n) is 13.3. The topological polar surface area (TPSA) is 72.4 Å². The normalized spacial score (nSPS) is 11.0. The van der Waals surface area contributed by atoms with E-state index in [1.807, 2.05) is 13.8 Å². The fourth-order valence-electron chi connectivity index (χ4n) is 2.20. The zero-order valence-corrected chi connectivity index (χ0v) is 14.0. The number of carbonyl (C=O) groups excluding carboxylic acids is 1. The number of furan rings is 1. The molecule has 2 heterocycles. The Labute approximate surface area is 144 Å². The third-order valence-corrected chi connectivity index (χ3v) is 3.73. The van der Waals surface area contributed by atoms with E-state index in [-0.39, 0.29) is 24.3 Å². The van der Waals surface area contributed by atoms with Gasteiger partial charge in [0, 0.05) is 16.6 Å². The van der Waals surface area contributed by atoms with Crippen molar-refractivity contribution >= 4 is 17.5 Å². The third-order valence-electron chi connectivity index (χ3n) is 3.48. The van der Waals surface area contributed by atoms with E-state index in [0.717, 1.165) is 5.56 Å². The summed E-state index contributed by atoms with van der Waals surface area (Å²) in [7, 11) is 0. The molecule has 1 aromatic carbocycles. The van der Waals surface area contributed by atoms with Crippen LogP contribution in [0.15, 0.2) is 51.5 Å². The van der Waals surface area contributed by atoms with Crippen molar-refractivity contribution < 1.29 is 13.6 Å². The second kappa shape index (κ2) is 6.88. The van der Waals surface area contributed by atoms with Crippen LogP contribution in [0.2, 0.25) is 5.02 Å². The van der Waals surface area contributed by atoms with Gasteiger partial charge in [-0.15, -0.1) is 10.2 Å². The second-order valence-electron chi connectivity index (χ2n) is 5.51. The lowest BCUT2D eigenvalue weighted by Crippen LogP contribution is -2.36. The lowest BCUT2D eigenvalue weighted by atomic mass is 10.2. The zero-order chi connectivity index (χ0) is 17.1. The molecule has 6 nitrogen and oxygen atoms in total. The van der Waals surface area contributed by atoms with Gasteiger partial charge in [0.15, 0.2) is 5.76 Å². The summed E-state index contributed by atoms with van der Waals surface area (Å²) < 4.78 is 10.8. The summed E-state index contributed by atoms with van der Waals surface area (Å²) in [6, 6.07) is 10.4. The number of halogens is 1. The minimum absolute atomic E-state index is 0.0477. The number of hydrogen-bond acceptors (Lipinski definition) is 5. The van der Waals surface area contributed by atoms with Gasteiger partial charge in [-0.05, 0) is 50.2 Å². The molecular weight excluding hydrogens is 330 g/mol. The van der Waals surface area contributed by atoms with Gasteiger partial charge in [0.25, 0.3) is 5.91 Å². The number of hydrogen-bond donors (Lipinski definition) is 0. The van der Waals surface area contributed by atoms with E-state index < -0.39 is 0 Å². The Morgan fingerprint density at radius 3 is 2.58 bits per heavy atom. The molecule has 0 unspecified atom stereocenters. The molecule has 0 atom stereocenters. The third kappa shape index (κ3) is 3.49. The summed E-state index contributed by atoms with van der Waals surface area (Å²) in [4.78, 5) is 14.1. The van der Waals surface area contributed by atoms with Gasteiger partial charge in [-0.2, -0.15) is 0 Å². The van der Waals surface area contributed by atoms with E-state index in [0.29, 0.717) is 16.8 Å². The van der Waals surface area contributed by atoms with Crippen LogP contribution < -0.4 is 0 Å². The molecule has 0 radical (unpaired) electrons. The van der Waals surface area contributed by atoms with E-state index in [4.69, 9.17) is 20.4 Å². The Hall–Kier alpha value is -2.60. The fourth-order valence-corrected chi connectivity index (χ4v) is 2.33. The number of rotatable bonds is 5. The molecule has 0 aliphatic heterocycles. The first-order chi connectivity index (χ1) is 11.5. The van der Waals surface area contributed by atoms with E-state index in [9.17, 15) is 4.79 Å². The van der Waals surface area contributed by atoms with Crippen molar-refractivity contribution in [1.82, 2.24) is 15.1 Å². The molecule has 3 aromatic rings. The minimum Gasteiger partial charge on any atom is -0.459 e. The summed E-state index contributed by atoms with van der Waals surface area (Å²) in [5, 5.41) is 8.69. The van der Waals surface area contributed by atoms with Crippen molar-refractivity contribution in [3.8, 4) is 11.5 Å². The predicted octanol–water partition coefficient (Wildman–Crippen LogP) is 4.03. The Bertz CT molecular complexity index is 810. The van der Waals surface area contributed by atoms with Gasteiger partial charge in [0.05, 0.1) is 12.8 Å². The van der Waals surface area contributed by atoms with E-state index in [1.165, 1.54) is 6.26 Å². The van der Waals surface area contributed by atoms with Gasteiger partial charge in [-0.25, -0.2) is 0 Å². The van der Waals surface area contributed by atoms with Gasteiger partial charge >= 0.3 is 0 Å². The van der Waals surface area contributed by atoms with Gasteiger partial charge in [0.2, 0.25) is 11.8 Å². The van der Waals surface area contributed by atoms with Crippen LogP contribution in [0.25, 0.3) is 11.5 Å². The maximum atomic E-state index is 12.5. The highest BCUT2D eigenvalue weighted by Crippen LogP contribution is 2.21. The molecule has 124 valence electrons. The molecule has 0 saturated heterocycles. The minimum atomic E-state index is -0.221. The Morgan fingerprint density at radius 1 is 1.21 bits per heavy atom. The van der Waals surface area contributed by atoms with Crippen molar-refractivity contribution in [1.29, 1.82) is 0 Å². The standard InChI is InChI=1S/C17H16ClN3O3/c1-11(2)21(17(22)14-4-3-9-23-14)10-15-19-20-16(24-15)12-5-7-13(18)8-6-12/h3-9,11H,10H2,1-2H3. The maximum absolute atomic E-state index is 12.5. The van der Waals surface area contributed by atoms with E-state index in [1.54, 1.807) is 41.3 Å². The first-order valence-corrected chi connectivity index (χ1v) is 7.85. The molecule has 0 fully saturated rings. The van der Waals surface area contributed by atoms with E-state index in [2.05, 4.69) is 10.2 Å². The number of aromatic nitrogens is 2. The molecule has 0 aliphatic carbocycles. The summed E-state index contributed by atoms with van der Waals surface area (Å²) in [6.07, 6.45) is 1.47. The first kappa shape index (κ1) is 16.3. The van der Waals surface area contributed by atoms with Crippen LogP contribution in [0.3, 0.4) is 0 Å². The number of benzene rings is 1. The van der Waals surface area contributed by atoms with Crippen LogP contribution in [-0.4, -0.2) is 27.0 Å². The first-order valence-electron chi connectivity index (χ1n) is 7.47. The van der Waals surface area contributed by atoms with Gasteiger partial charge in [0.1, 0.15) is 0 Å². The smallest absolute Gasteiger partial charge is 0.290 e. The average molecular weight is 346 g/mol. The van der Waals surface area contributed by atoms with Gasteiger partial charge in [-0.3, -0.25) is 4.79 Å². The fraction of sp³-hybridized carbons (Fsp3) is 0.235. The van der Waals surface area contributed by atoms with Crippen molar-refractivity contribution in [2.75, 3.05) is 0 Å². The monoisotopic (exact) mass is 345 g/mol. The Balaban J connectivity index is 1.79. The molecule has 0 spiro atoms. The van der Waals surface area contributed by atoms with Crippen LogP contribution >= 0.6 is 11.6 Å². The Morgan fingerprint density at radius 2 is 1.96 bits per heavy atom. The summed E-state index contributed by atoms with van der Waals surface area (Å²) in [5.74, 6) is 0.798. The van der Waals surface area contributed by atoms with Crippen LogP contribution in [0.5, 0.6) is 0 Å². The molecule has 24 heavy (non-hydrogen) atoms. The number of nitrogens with zero attached hydrogens (tertiary/aromatic N) is 3. The average Bonchev–Trinajstić information content (AvgIpc) is 3.24. The van der Waals surface area contributed by atoms with Crippen molar-refractivity contribution in [3.63, 3.8) is 0 Å². The molecule has 1 amide bonds. The van der Waals surface area contributed by atoms with Crippen molar-refractivity contribution in [2.24, 2.45) is 0 Å². The van der Waals surface area contributed by atoms with Gasteiger partial charge in [-0.1, -0.05) is 11.6 Å². The highest BCUT2D eigenvalue weighted by molar-refractivity contribution is 6.30. The van der Waals surface area contributed by atoms with Crippen LogP contribution in [-0.2, 0) is 6.54 Å². The molecule has 0 aliphatic rings. The molecule has 0 N–H and O–H groups in total. The summed E-state index contributed by atoms with van der Waals surface area (Å²) in [5.41, 5.74) is 0.770. The quantitative estimate of drug-likeness (QED) is 0.698. The Kier molecular flexibility index (Phi) is 4.66. The predicted molar refractivity (Wildman–Crippen MR) is 88.5 cm³/mol. The summed E-state index contributed by atoms with van der Waals surface area (Å²) >= 11 is 5.87. The van der Waals surface area contributed by atoms with Crippen molar-refractivity contribution in [3.05, 3.63) is 59.3 Å². The largest absolute Gasteiger partial charge is 0.459 e. The van der Waals surface area contributed by atoms with Crippen LogP contribution in [0, 0.1) is 0 Å². The van der Waals surface area contributed by atoms with E-state index >= 15 is 0 Å². The SMILES string of the molecule is CC(C)N(Cc1nnc(-c2ccc(Cl)cc2)o1)C(=O)c1ccco1. The highest BCUT2D eigenvalue weighted by atomic mass is 35.5. The molecule has 3 rings (SSSR count). The lowest BCUT2D eigenvalue weighted by Gasteiger charge is -2.23. The number of amides is 1. The molecular formula is C17H16ClN3O3. The molecule has 7 heteroatoms. The lowest BCUT2D eigenvalue weighted by molar-refractivity contribution is 0.0639. The molecule has 0 bridgehead atoms.